The van der Waals surface area contributed by atoms with Crippen molar-refractivity contribution in [3.63, 3.8) is 0 Å². The molecule has 35 heavy (non-hydrogen) atoms. The van der Waals surface area contributed by atoms with Gasteiger partial charge in [0.1, 0.15) is 11.2 Å². The highest BCUT2D eigenvalue weighted by Gasteiger charge is 2.18. The van der Waals surface area contributed by atoms with Crippen molar-refractivity contribution < 1.29 is 4.79 Å². The molecular formula is C24H20ClN7O2S. The molecule has 0 aliphatic carbocycles. The Morgan fingerprint density at radius 3 is 2.69 bits per heavy atom. The van der Waals surface area contributed by atoms with E-state index in [1.54, 1.807) is 59.8 Å². The first kappa shape index (κ1) is 22.9. The monoisotopic (exact) mass is 505 g/mol. The van der Waals surface area contributed by atoms with Gasteiger partial charge in [-0.25, -0.2) is 4.68 Å². The SMILES string of the molecule is CCSc1ccccc1C(=O)Nc1cc(C)nn1-c1nc2c(cnn2-c2ccc(Cl)cc2)c(=O)[nH]1. The van der Waals surface area contributed by atoms with E-state index < -0.39 is 0 Å². The van der Waals surface area contributed by atoms with Crippen LogP contribution in [0.2, 0.25) is 5.02 Å². The van der Waals surface area contributed by atoms with Crippen molar-refractivity contribution in [3.05, 3.63) is 87.4 Å². The fourth-order valence-electron chi connectivity index (χ4n) is 3.65. The van der Waals surface area contributed by atoms with Crippen molar-refractivity contribution in [2.75, 3.05) is 11.1 Å². The minimum atomic E-state index is -0.375. The highest BCUT2D eigenvalue weighted by molar-refractivity contribution is 7.99. The number of aromatic amines is 1. The highest BCUT2D eigenvalue weighted by atomic mass is 35.5. The zero-order valence-electron chi connectivity index (χ0n) is 18.8. The molecule has 0 aliphatic heterocycles. The fraction of sp³-hybridized carbons (Fsp3) is 0.125. The molecule has 9 nitrogen and oxygen atoms in total. The summed E-state index contributed by atoms with van der Waals surface area (Å²) in [7, 11) is 0. The molecule has 3 heterocycles. The largest absolute Gasteiger partial charge is 0.306 e. The molecule has 0 aliphatic rings. The van der Waals surface area contributed by atoms with E-state index in [1.807, 2.05) is 25.1 Å². The number of carbonyl (C=O) groups excluding carboxylic acids is 1. The third kappa shape index (κ3) is 4.45. The summed E-state index contributed by atoms with van der Waals surface area (Å²) >= 11 is 7.60. The zero-order valence-corrected chi connectivity index (χ0v) is 20.4. The number of carbonyl (C=O) groups is 1. The van der Waals surface area contributed by atoms with Crippen LogP contribution in [-0.4, -0.2) is 41.2 Å². The summed E-state index contributed by atoms with van der Waals surface area (Å²) in [4.78, 5) is 34.2. The molecule has 1 amide bonds. The van der Waals surface area contributed by atoms with E-state index in [9.17, 15) is 9.59 Å². The van der Waals surface area contributed by atoms with E-state index in [4.69, 9.17) is 11.6 Å². The van der Waals surface area contributed by atoms with Gasteiger partial charge in [0.2, 0.25) is 5.95 Å². The Kier molecular flexibility index (Phi) is 6.14. The Balaban J connectivity index is 1.56. The average molecular weight is 506 g/mol. The highest BCUT2D eigenvalue weighted by Crippen LogP contribution is 2.24. The van der Waals surface area contributed by atoms with Gasteiger partial charge in [-0.15, -0.1) is 11.8 Å². The topological polar surface area (TPSA) is 110 Å². The first-order valence-corrected chi connectivity index (χ1v) is 12.1. The molecule has 2 N–H and O–H groups in total. The molecule has 0 atom stereocenters. The average Bonchev–Trinajstić information content (AvgIpc) is 3.43. The maximum atomic E-state index is 13.1. The number of nitrogens with one attached hydrogen (secondary N) is 2. The van der Waals surface area contributed by atoms with Crippen LogP contribution in [0.15, 0.2) is 70.5 Å². The first-order valence-electron chi connectivity index (χ1n) is 10.8. The molecular weight excluding hydrogens is 486 g/mol. The van der Waals surface area contributed by atoms with Gasteiger partial charge in [-0.3, -0.25) is 14.6 Å². The number of rotatable bonds is 6. The molecule has 0 radical (unpaired) electrons. The number of benzene rings is 2. The maximum absolute atomic E-state index is 13.1. The summed E-state index contributed by atoms with van der Waals surface area (Å²) in [5, 5.41) is 12.6. The van der Waals surface area contributed by atoms with Gasteiger partial charge in [0.15, 0.2) is 5.65 Å². The minimum absolute atomic E-state index is 0.151. The number of H-pyrrole nitrogens is 1. The lowest BCUT2D eigenvalue weighted by Gasteiger charge is -2.11. The molecule has 0 saturated heterocycles. The van der Waals surface area contributed by atoms with E-state index in [-0.39, 0.29) is 17.4 Å². The van der Waals surface area contributed by atoms with E-state index >= 15 is 0 Å². The Morgan fingerprint density at radius 2 is 1.91 bits per heavy atom. The standard InChI is InChI=1S/C24H20ClN7O2S/c1-3-35-19-7-5-4-6-17(19)22(33)27-20-12-14(2)30-32(20)24-28-21-18(23(34)29-24)13-26-31(21)16-10-8-15(25)9-11-16/h4-13H,3H2,1-2H3,(H,27,33)(H,28,29,34). The molecule has 5 rings (SSSR count). The van der Waals surface area contributed by atoms with Crippen LogP contribution >= 0.6 is 23.4 Å². The first-order chi connectivity index (χ1) is 16.9. The molecule has 176 valence electrons. The van der Waals surface area contributed by atoms with Crippen molar-refractivity contribution in [2.45, 2.75) is 18.7 Å². The molecule has 0 saturated carbocycles. The number of halogens is 1. The maximum Gasteiger partial charge on any atom is 0.263 e. The summed E-state index contributed by atoms with van der Waals surface area (Å²) in [5.41, 5.74) is 1.87. The molecule has 0 unspecified atom stereocenters. The fourth-order valence-corrected chi connectivity index (χ4v) is 4.58. The van der Waals surface area contributed by atoms with E-state index in [0.29, 0.717) is 38.8 Å². The number of amides is 1. The van der Waals surface area contributed by atoms with Crippen LogP contribution in [0.25, 0.3) is 22.7 Å². The summed E-state index contributed by atoms with van der Waals surface area (Å²) in [6.07, 6.45) is 1.46. The number of hydrogen-bond donors (Lipinski definition) is 2. The summed E-state index contributed by atoms with van der Waals surface area (Å²) in [6, 6.07) is 16.2. The second-order valence-corrected chi connectivity index (χ2v) is 9.37. The Labute approximate surface area is 209 Å². The quantitative estimate of drug-likeness (QED) is 0.326. The summed E-state index contributed by atoms with van der Waals surface area (Å²) in [6.45, 7) is 3.83. The normalized spacial score (nSPS) is 11.2. The van der Waals surface area contributed by atoms with Gasteiger partial charge >= 0.3 is 0 Å². The predicted octanol–water partition coefficient (Wildman–Crippen LogP) is 4.62. The molecule has 3 aromatic heterocycles. The van der Waals surface area contributed by atoms with Gasteiger partial charge in [0.25, 0.3) is 11.5 Å². The molecule has 2 aromatic carbocycles. The van der Waals surface area contributed by atoms with Crippen molar-refractivity contribution in [2.24, 2.45) is 0 Å². The number of aromatic nitrogens is 6. The van der Waals surface area contributed by atoms with E-state index in [1.165, 1.54) is 10.9 Å². The number of thioether (sulfide) groups is 1. The molecule has 5 aromatic rings. The smallest absolute Gasteiger partial charge is 0.263 e. The predicted molar refractivity (Wildman–Crippen MR) is 137 cm³/mol. The van der Waals surface area contributed by atoms with Gasteiger partial charge in [-0.05, 0) is 49.1 Å². The zero-order chi connectivity index (χ0) is 24.5. The third-order valence-corrected chi connectivity index (χ3v) is 6.41. The Hall–Kier alpha value is -3.89. The Bertz CT molecular complexity index is 1600. The molecule has 0 bridgehead atoms. The lowest BCUT2D eigenvalue weighted by Crippen LogP contribution is -2.19. The number of hydrogen-bond acceptors (Lipinski definition) is 6. The van der Waals surface area contributed by atoms with E-state index in [2.05, 4.69) is 25.5 Å². The summed E-state index contributed by atoms with van der Waals surface area (Å²) in [5.74, 6) is 1.09. The number of aryl methyl sites for hydroxylation is 1. The van der Waals surface area contributed by atoms with Gasteiger partial charge in [-0.2, -0.15) is 19.9 Å². The van der Waals surface area contributed by atoms with Crippen LogP contribution in [0.4, 0.5) is 5.82 Å². The number of fused-ring (bicyclic) bond motifs is 1. The van der Waals surface area contributed by atoms with Crippen LogP contribution in [0, 0.1) is 6.92 Å². The van der Waals surface area contributed by atoms with Crippen molar-refractivity contribution in [1.82, 2.24) is 29.5 Å². The molecule has 11 heteroatoms. The summed E-state index contributed by atoms with van der Waals surface area (Å²) < 4.78 is 2.96. The second kappa shape index (κ2) is 9.40. The lowest BCUT2D eigenvalue weighted by atomic mass is 10.2. The lowest BCUT2D eigenvalue weighted by molar-refractivity contribution is 0.102. The van der Waals surface area contributed by atoms with Crippen molar-refractivity contribution in [3.8, 4) is 11.6 Å². The van der Waals surface area contributed by atoms with Crippen LogP contribution in [0.1, 0.15) is 23.0 Å². The number of nitrogens with zero attached hydrogens (tertiary/aromatic N) is 5. The number of anilines is 1. The third-order valence-electron chi connectivity index (χ3n) is 5.20. The van der Waals surface area contributed by atoms with Crippen molar-refractivity contribution >= 4 is 46.1 Å². The van der Waals surface area contributed by atoms with Crippen LogP contribution < -0.4 is 10.9 Å². The molecule has 0 fully saturated rings. The van der Waals surface area contributed by atoms with Crippen LogP contribution in [0.3, 0.4) is 0 Å². The molecule has 0 spiro atoms. The van der Waals surface area contributed by atoms with Gasteiger partial charge < -0.3 is 5.32 Å². The van der Waals surface area contributed by atoms with E-state index in [0.717, 1.165) is 10.6 Å². The minimum Gasteiger partial charge on any atom is -0.306 e. The van der Waals surface area contributed by atoms with Gasteiger partial charge in [-0.1, -0.05) is 30.7 Å². The van der Waals surface area contributed by atoms with Crippen LogP contribution in [0.5, 0.6) is 0 Å². The Morgan fingerprint density at radius 1 is 1.14 bits per heavy atom. The van der Waals surface area contributed by atoms with Crippen LogP contribution in [-0.2, 0) is 0 Å². The van der Waals surface area contributed by atoms with Crippen molar-refractivity contribution in [1.29, 1.82) is 0 Å². The van der Waals surface area contributed by atoms with Gasteiger partial charge in [0.05, 0.1) is 23.1 Å². The second-order valence-electron chi connectivity index (χ2n) is 7.63. The van der Waals surface area contributed by atoms with Gasteiger partial charge in [0, 0.05) is 16.0 Å².